The Kier molecular flexibility index (Phi) is 3.79. The number of halogens is 2. The van der Waals surface area contributed by atoms with Crippen LogP contribution in [0.15, 0.2) is 69.9 Å². The first-order valence-corrected chi connectivity index (χ1v) is 8.69. The molecule has 1 unspecified atom stereocenters. The monoisotopic (exact) mass is 430 g/mol. The molecule has 0 saturated heterocycles. The molecule has 0 fully saturated rings. The maximum atomic E-state index is 4.36. The van der Waals surface area contributed by atoms with E-state index in [1.54, 1.807) is 6.33 Å². The first-order chi connectivity index (χ1) is 11.2. The Hall–Kier alpha value is -1.92. The number of aromatic nitrogens is 3. The lowest BCUT2D eigenvalue weighted by Gasteiger charge is -2.24. The molecule has 2 heterocycles. The molecule has 0 saturated carbocycles. The minimum Gasteiger partial charge on any atom is -0.324 e. The molecular formula is C17H12Br2N4. The minimum absolute atomic E-state index is 0.0143. The maximum Gasteiger partial charge on any atom is 0.226 e. The van der Waals surface area contributed by atoms with Gasteiger partial charge in [-0.25, -0.2) is 4.68 Å². The molecule has 0 bridgehead atoms. The molecule has 4 nitrogen and oxygen atoms in total. The molecule has 1 aliphatic heterocycles. The van der Waals surface area contributed by atoms with Gasteiger partial charge in [0, 0.05) is 14.6 Å². The largest absolute Gasteiger partial charge is 0.324 e. The normalized spacial score (nSPS) is 16.4. The summed E-state index contributed by atoms with van der Waals surface area (Å²) in [6.07, 6.45) is 3.75. The van der Waals surface area contributed by atoms with Crippen LogP contribution in [-0.4, -0.2) is 14.8 Å². The zero-order valence-electron chi connectivity index (χ0n) is 11.9. The number of rotatable bonds is 2. The fourth-order valence-corrected chi connectivity index (χ4v) is 3.16. The number of nitrogens with zero attached hydrogens (tertiary/aromatic N) is 3. The van der Waals surface area contributed by atoms with Gasteiger partial charge >= 0.3 is 0 Å². The molecule has 0 radical (unpaired) electrons. The highest BCUT2D eigenvalue weighted by atomic mass is 79.9. The van der Waals surface area contributed by atoms with Gasteiger partial charge in [0.2, 0.25) is 5.95 Å². The highest BCUT2D eigenvalue weighted by Gasteiger charge is 2.23. The molecule has 0 aliphatic carbocycles. The lowest BCUT2D eigenvalue weighted by Crippen LogP contribution is -2.20. The number of hydrogen-bond donors (Lipinski definition) is 1. The van der Waals surface area contributed by atoms with Crippen LogP contribution < -0.4 is 5.32 Å². The lowest BCUT2D eigenvalue weighted by atomic mass is 10.0. The third-order valence-electron chi connectivity index (χ3n) is 3.77. The molecule has 114 valence electrons. The van der Waals surface area contributed by atoms with Crippen LogP contribution in [0.4, 0.5) is 5.95 Å². The maximum absolute atomic E-state index is 4.36. The summed E-state index contributed by atoms with van der Waals surface area (Å²) in [5.74, 6) is 0.748. The molecule has 0 amide bonds. The second kappa shape index (κ2) is 5.94. The Morgan fingerprint density at radius 1 is 0.913 bits per heavy atom. The second-order valence-corrected chi connectivity index (χ2v) is 7.07. The molecule has 1 aliphatic rings. The van der Waals surface area contributed by atoms with Gasteiger partial charge in [-0.15, -0.1) is 0 Å². The summed E-state index contributed by atoms with van der Waals surface area (Å²) in [5.41, 5.74) is 3.31. The molecule has 6 heteroatoms. The molecule has 4 rings (SSSR count). The first kappa shape index (κ1) is 14.7. The van der Waals surface area contributed by atoms with Gasteiger partial charge in [-0.1, -0.05) is 56.1 Å². The van der Waals surface area contributed by atoms with E-state index in [9.17, 15) is 0 Å². The fourth-order valence-electron chi connectivity index (χ4n) is 2.63. The van der Waals surface area contributed by atoms with Crippen molar-refractivity contribution in [3.8, 4) is 0 Å². The summed E-state index contributed by atoms with van der Waals surface area (Å²) in [6.45, 7) is 0. The van der Waals surface area contributed by atoms with E-state index in [4.69, 9.17) is 0 Å². The van der Waals surface area contributed by atoms with Crippen LogP contribution in [0.5, 0.6) is 0 Å². The summed E-state index contributed by atoms with van der Waals surface area (Å²) in [5, 5.41) is 7.71. The van der Waals surface area contributed by atoms with E-state index in [0.717, 1.165) is 31.7 Å². The van der Waals surface area contributed by atoms with Gasteiger partial charge in [0.1, 0.15) is 12.4 Å². The van der Waals surface area contributed by atoms with Crippen molar-refractivity contribution in [1.29, 1.82) is 0 Å². The smallest absolute Gasteiger partial charge is 0.226 e. The Balaban J connectivity index is 1.79. The van der Waals surface area contributed by atoms with E-state index >= 15 is 0 Å². The zero-order chi connectivity index (χ0) is 15.8. The Labute approximate surface area is 150 Å². The van der Waals surface area contributed by atoms with Gasteiger partial charge in [-0.05, 0) is 41.5 Å². The van der Waals surface area contributed by atoms with Crippen LogP contribution in [0.25, 0.3) is 5.70 Å². The number of fused-ring (bicyclic) bond motifs is 1. The van der Waals surface area contributed by atoms with Gasteiger partial charge in [0.05, 0.1) is 0 Å². The summed E-state index contributed by atoms with van der Waals surface area (Å²) >= 11 is 6.96. The standard InChI is InChI=1S/C17H12Br2N4/c18-13-5-1-11(2-6-13)15-9-16(12-3-7-14(19)8-4-12)23-17(22-15)20-10-21-23/h1-10,16H,(H,20,21,22). The first-order valence-electron chi connectivity index (χ1n) is 7.10. The van der Waals surface area contributed by atoms with Crippen molar-refractivity contribution in [3.05, 3.63) is 81.0 Å². The average molecular weight is 432 g/mol. The molecule has 1 aromatic heterocycles. The number of benzene rings is 2. The Morgan fingerprint density at radius 2 is 1.57 bits per heavy atom. The molecule has 0 spiro atoms. The predicted octanol–water partition coefficient (Wildman–Crippen LogP) is 4.86. The van der Waals surface area contributed by atoms with Crippen LogP contribution in [0.2, 0.25) is 0 Å². The molecule has 2 aromatic carbocycles. The molecule has 1 N–H and O–H groups in total. The molecular weight excluding hydrogens is 420 g/mol. The van der Waals surface area contributed by atoms with Crippen molar-refractivity contribution in [2.75, 3.05) is 5.32 Å². The highest BCUT2D eigenvalue weighted by molar-refractivity contribution is 9.10. The fraction of sp³-hybridized carbons (Fsp3) is 0.0588. The van der Waals surface area contributed by atoms with Crippen molar-refractivity contribution < 1.29 is 0 Å². The van der Waals surface area contributed by atoms with Crippen molar-refractivity contribution in [1.82, 2.24) is 14.8 Å². The molecule has 1 atom stereocenters. The number of allylic oxidation sites excluding steroid dienone is 1. The van der Waals surface area contributed by atoms with Crippen LogP contribution >= 0.6 is 31.9 Å². The minimum atomic E-state index is 0.0143. The van der Waals surface area contributed by atoms with E-state index in [2.05, 4.69) is 77.6 Å². The predicted molar refractivity (Wildman–Crippen MR) is 98.0 cm³/mol. The number of anilines is 1. The topological polar surface area (TPSA) is 42.7 Å². The van der Waals surface area contributed by atoms with Crippen molar-refractivity contribution in [2.24, 2.45) is 0 Å². The van der Waals surface area contributed by atoms with Crippen LogP contribution in [0.1, 0.15) is 17.2 Å². The Morgan fingerprint density at radius 3 is 2.26 bits per heavy atom. The lowest BCUT2D eigenvalue weighted by molar-refractivity contribution is 0.612. The third-order valence-corrected chi connectivity index (χ3v) is 4.83. The zero-order valence-corrected chi connectivity index (χ0v) is 15.1. The van der Waals surface area contributed by atoms with Crippen molar-refractivity contribution in [3.63, 3.8) is 0 Å². The van der Waals surface area contributed by atoms with Gasteiger partial charge < -0.3 is 5.32 Å². The van der Waals surface area contributed by atoms with Gasteiger partial charge in [-0.2, -0.15) is 10.1 Å². The summed E-state index contributed by atoms with van der Waals surface area (Å²) < 4.78 is 4.02. The van der Waals surface area contributed by atoms with Crippen LogP contribution in [-0.2, 0) is 0 Å². The molecule has 23 heavy (non-hydrogen) atoms. The van der Waals surface area contributed by atoms with Gasteiger partial charge in [-0.3, -0.25) is 0 Å². The summed E-state index contributed by atoms with van der Waals surface area (Å²) in [4.78, 5) is 4.32. The number of hydrogen-bond acceptors (Lipinski definition) is 3. The highest BCUT2D eigenvalue weighted by Crippen LogP contribution is 2.32. The second-order valence-electron chi connectivity index (χ2n) is 5.24. The quantitative estimate of drug-likeness (QED) is 0.630. The average Bonchev–Trinajstić information content (AvgIpc) is 3.04. The van der Waals surface area contributed by atoms with E-state index < -0.39 is 0 Å². The van der Waals surface area contributed by atoms with Gasteiger partial charge in [0.25, 0.3) is 0 Å². The Bertz CT molecular complexity index is 866. The van der Waals surface area contributed by atoms with E-state index in [-0.39, 0.29) is 6.04 Å². The van der Waals surface area contributed by atoms with Crippen molar-refractivity contribution in [2.45, 2.75) is 6.04 Å². The van der Waals surface area contributed by atoms with E-state index in [0.29, 0.717) is 0 Å². The van der Waals surface area contributed by atoms with E-state index in [1.165, 1.54) is 0 Å². The summed E-state index contributed by atoms with van der Waals surface area (Å²) in [7, 11) is 0. The van der Waals surface area contributed by atoms with Crippen LogP contribution in [0.3, 0.4) is 0 Å². The van der Waals surface area contributed by atoms with E-state index in [1.807, 2.05) is 28.9 Å². The SMILES string of the molecule is Brc1ccc(C2=CC(c3ccc(Br)cc3)n3ncnc3N2)cc1. The van der Waals surface area contributed by atoms with Crippen molar-refractivity contribution >= 4 is 43.5 Å². The summed E-state index contributed by atoms with van der Waals surface area (Å²) in [6, 6.07) is 16.5. The van der Waals surface area contributed by atoms with Crippen LogP contribution in [0, 0.1) is 0 Å². The van der Waals surface area contributed by atoms with Gasteiger partial charge in [0.15, 0.2) is 0 Å². The third kappa shape index (κ3) is 2.84. The number of nitrogens with one attached hydrogen (secondary N) is 1. The molecule has 3 aromatic rings.